The molecule has 0 fully saturated rings. The predicted octanol–water partition coefficient (Wildman–Crippen LogP) is 4.72. The molecule has 0 atom stereocenters. The summed E-state index contributed by atoms with van der Waals surface area (Å²) in [6, 6.07) is 10.4. The molecule has 0 aliphatic heterocycles. The van der Waals surface area contributed by atoms with E-state index in [0.29, 0.717) is 0 Å². The first kappa shape index (κ1) is 13.5. The van der Waals surface area contributed by atoms with Gasteiger partial charge in [0, 0.05) is 18.1 Å². The molecule has 110 valence electrons. The van der Waals surface area contributed by atoms with Crippen molar-refractivity contribution in [1.82, 2.24) is 19.9 Å². The number of hydrogen-bond acceptors (Lipinski definition) is 5. The lowest BCUT2D eigenvalue weighted by atomic mass is 10.1. The molecule has 0 aliphatic rings. The standard InChI is InChI=1S/C16H12N4S2.H2/c1-21-11-3-4-12(18-7-11)16-20-13-6-10(2-5-15(13)22-16)14-8-17-9-19-14;/h2-9H,1H3,(H,17,19);1H. The molecule has 0 saturated heterocycles. The van der Waals surface area contributed by atoms with E-state index in [9.17, 15) is 0 Å². The highest BCUT2D eigenvalue weighted by atomic mass is 32.2. The summed E-state index contributed by atoms with van der Waals surface area (Å²) in [6.45, 7) is 0. The molecule has 0 spiro atoms. The van der Waals surface area contributed by atoms with E-state index in [1.807, 2.05) is 24.7 Å². The predicted molar refractivity (Wildman–Crippen MR) is 94.3 cm³/mol. The Bertz CT molecular complexity index is 917. The number of rotatable bonds is 3. The molecule has 1 N–H and O–H groups in total. The molecule has 3 heterocycles. The number of aromatic amines is 1. The van der Waals surface area contributed by atoms with Crippen LogP contribution in [0.3, 0.4) is 0 Å². The third-order valence-electron chi connectivity index (χ3n) is 3.39. The molecule has 4 aromatic rings. The van der Waals surface area contributed by atoms with Crippen molar-refractivity contribution < 1.29 is 1.43 Å². The summed E-state index contributed by atoms with van der Waals surface area (Å²) in [7, 11) is 0. The van der Waals surface area contributed by atoms with E-state index < -0.39 is 0 Å². The number of thiazole rings is 1. The number of nitrogens with one attached hydrogen (secondary N) is 1. The lowest BCUT2D eigenvalue weighted by Crippen LogP contribution is -1.82. The van der Waals surface area contributed by atoms with Crippen LogP contribution in [0.1, 0.15) is 1.43 Å². The second-order valence-electron chi connectivity index (χ2n) is 4.75. The SMILES string of the molecule is CSc1ccc(-c2nc3cc(-c4cnc[nH]4)ccc3s2)nc1.[HH]. The number of hydrogen-bond donors (Lipinski definition) is 1. The summed E-state index contributed by atoms with van der Waals surface area (Å²) in [5, 5.41) is 0.949. The van der Waals surface area contributed by atoms with Crippen molar-refractivity contribution in [2.75, 3.05) is 6.26 Å². The Labute approximate surface area is 137 Å². The summed E-state index contributed by atoms with van der Waals surface area (Å²) in [4.78, 5) is 17.6. The zero-order valence-corrected chi connectivity index (χ0v) is 13.4. The first-order chi connectivity index (χ1) is 10.8. The molecule has 6 heteroatoms. The van der Waals surface area contributed by atoms with Crippen LogP contribution >= 0.6 is 23.1 Å². The zero-order chi connectivity index (χ0) is 14.9. The maximum Gasteiger partial charge on any atom is 0.143 e. The van der Waals surface area contributed by atoms with Crippen molar-refractivity contribution in [2.45, 2.75) is 4.90 Å². The number of pyridine rings is 1. The maximum absolute atomic E-state index is 4.72. The fourth-order valence-corrected chi connectivity index (χ4v) is 3.53. The van der Waals surface area contributed by atoms with Gasteiger partial charge in [0.05, 0.1) is 34.1 Å². The van der Waals surface area contributed by atoms with Gasteiger partial charge in [-0.15, -0.1) is 23.1 Å². The van der Waals surface area contributed by atoms with Gasteiger partial charge < -0.3 is 4.98 Å². The average molecular weight is 326 g/mol. The lowest BCUT2D eigenvalue weighted by molar-refractivity contribution is 1.23. The van der Waals surface area contributed by atoms with Crippen molar-refractivity contribution in [3.8, 4) is 22.0 Å². The Kier molecular flexibility index (Phi) is 3.40. The summed E-state index contributed by atoms with van der Waals surface area (Å²) in [5.74, 6) is 0. The Morgan fingerprint density at radius 1 is 1.18 bits per heavy atom. The Morgan fingerprint density at radius 2 is 2.14 bits per heavy atom. The van der Waals surface area contributed by atoms with Crippen molar-refractivity contribution in [2.24, 2.45) is 0 Å². The third-order valence-corrected chi connectivity index (χ3v) is 5.16. The number of imidazole rings is 1. The fraction of sp³-hybridized carbons (Fsp3) is 0.0625. The molecule has 0 radical (unpaired) electrons. The molecule has 3 aromatic heterocycles. The highest BCUT2D eigenvalue weighted by molar-refractivity contribution is 7.98. The first-order valence-electron chi connectivity index (χ1n) is 6.73. The van der Waals surface area contributed by atoms with Gasteiger partial charge in [-0.3, -0.25) is 4.98 Å². The van der Waals surface area contributed by atoms with E-state index in [1.54, 1.807) is 29.4 Å². The second-order valence-corrected chi connectivity index (χ2v) is 6.66. The van der Waals surface area contributed by atoms with Gasteiger partial charge in [0.15, 0.2) is 0 Å². The maximum atomic E-state index is 4.72. The van der Waals surface area contributed by atoms with E-state index in [1.165, 1.54) is 0 Å². The molecule has 22 heavy (non-hydrogen) atoms. The van der Waals surface area contributed by atoms with Gasteiger partial charge in [0.25, 0.3) is 0 Å². The molecule has 1 aromatic carbocycles. The Morgan fingerprint density at radius 3 is 2.86 bits per heavy atom. The molecule has 0 unspecified atom stereocenters. The molecule has 0 amide bonds. The fourth-order valence-electron chi connectivity index (χ4n) is 2.25. The monoisotopic (exact) mass is 326 g/mol. The molecule has 0 saturated carbocycles. The molecule has 4 nitrogen and oxygen atoms in total. The van der Waals surface area contributed by atoms with Crippen LogP contribution in [-0.4, -0.2) is 26.2 Å². The van der Waals surface area contributed by atoms with E-state index >= 15 is 0 Å². The van der Waals surface area contributed by atoms with Crippen LogP contribution < -0.4 is 0 Å². The smallest absolute Gasteiger partial charge is 0.143 e. The topological polar surface area (TPSA) is 54.5 Å². The van der Waals surface area contributed by atoms with Gasteiger partial charge in [-0.05, 0) is 30.5 Å². The first-order valence-corrected chi connectivity index (χ1v) is 8.77. The van der Waals surface area contributed by atoms with Gasteiger partial charge >= 0.3 is 0 Å². The molecule has 0 bridgehead atoms. The van der Waals surface area contributed by atoms with Gasteiger partial charge in [0.1, 0.15) is 5.01 Å². The van der Waals surface area contributed by atoms with Gasteiger partial charge in [-0.25, -0.2) is 9.97 Å². The molecular formula is C16H14N4S2. The Hall–Kier alpha value is -2.18. The van der Waals surface area contributed by atoms with Gasteiger partial charge in [-0.2, -0.15) is 0 Å². The average Bonchev–Trinajstić information content (AvgIpc) is 3.23. The van der Waals surface area contributed by atoms with E-state index in [2.05, 4.69) is 39.2 Å². The van der Waals surface area contributed by atoms with E-state index in [4.69, 9.17) is 4.98 Å². The van der Waals surface area contributed by atoms with Crippen molar-refractivity contribution >= 4 is 33.3 Å². The highest BCUT2D eigenvalue weighted by Crippen LogP contribution is 2.31. The minimum Gasteiger partial charge on any atom is -0.345 e. The van der Waals surface area contributed by atoms with Crippen LogP contribution in [0, 0.1) is 0 Å². The van der Waals surface area contributed by atoms with Crippen LogP contribution in [-0.2, 0) is 0 Å². The summed E-state index contributed by atoms with van der Waals surface area (Å²) in [6.07, 6.45) is 7.44. The van der Waals surface area contributed by atoms with E-state index in [0.717, 1.165) is 37.1 Å². The molecule has 4 rings (SSSR count). The van der Waals surface area contributed by atoms with Crippen molar-refractivity contribution in [3.63, 3.8) is 0 Å². The van der Waals surface area contributed by atoms with Crippen molar-refractivity contribution in [1.29, 1.82) is 0 Å². The van der Waals surface area contributed by atoms with Crippen molar-refractivity contribution in [3.05, 3.63) is 49.1 Å². The quantitative estimate of drug-likeness (QED) is 0.554. The largest absolute Gasteiger partial charge is 0.345 e. The number of aromatic nitrogens is 4. The molecule has 0 aliphatic carbocycles. The molecular weight excluding hydrogens is 312 g/mol. The van der Waals surface area contributed by atoms with Crippen LogP contribution in [0.15, 0.2) is 53.9 Å². The summed E-state index contributed by atoms with van der Waals surface area (Å²) < 4.78 is 1.16. The highest BCUT2D eigenvalue weighted by Gasteiger charge is 2.09. The third kappa shape index (κ3) is 2.40. The van der Waals surface area contributed by atoms with Gasteiger partial charge in [-0.1, -0.05) is 6.07 Å². The van der Waals surface area contributed by atoms with Crippen LogP contribution in [0.4, 0.5) is 0 Å². The lowest BCUT2D eigenvalue weighted by Gasteiger charge is -1.97. The summed E-state index contributed by atoms with van der Waals surface area (Å²) >= 11 is 3.35. The van der Waals surface area contributed by atoms with Crippen LogP contribution in [0.2, 0.25) is 0 Å². The minimum absolute atomic E-state index is 0. The minimum atomic E-state index is 0. The van der Waals surface area contributed by atoms with E-state index in [-0.39, 0.29) is 1.43 Å². The Balaban J connectivity index is 0.00000156. The normalized spacial score (nSPS) is 11.1. The number of fused-ring (bicyclic) bond motifs is 1. The van der Waals surface area contributed by atoms with Crippen LogP contribution in [0.5, 0.6) is 0 Å². The zero-order valence-electron chi connectivity index (χ0n) is 11.8. The number of H-pyrrole nitrogens is 1. The van der Waals surface area contributed by atoms with Crippen LogP contribution in [0.25, 0.3) is 32.2 Å². The summed E-state index contributed by atoms with van der Waals surface area (Å²) in [5.41, 5.74) is 4.00. The number of benzene rings is 1. The number of nitrogens with zero attached hydrogens (tertiary/aromatic N) is 3. The van der Waals surface area contributed by atoms with Gasteiger partial charge in [0.2, 0.25) is 0 Å². The number of thioether (sulfide) groups is 1. The second kappa shape index (κ2) is 5.55.